The molecule has 105 heavy (non-hydrogen) atoms. The van der Waals surface area contributed by atoms with E-state index in [2.05, 4.69) is 10.6 Å². The summed E-state index contributed by atoms with van der Waals surface area (Å²) in [6.45, 7) is -5.50. The number of aliphatic hydroxyl groups is 26. The first-order valence-corrected chi connectivity index (χ1v) is 33.5. The van der Waals surface area contributed by atoms with Gasteiger partial charge in [0.1, 0.15) is 214 Å². The van der Waals surface area contributed by atoms with Crippen LogP contribution in [-0.2, 0) is 90.1 Å². The molecule has 45 atom stereocenters. The Morgan fingerprint density at radius 2 is 0.571 bits per heavy atom. The molecule has 0 spiro atoms. The number of hydrogen-bond donors (Lipinski definition) is 28. The average Bonchev–Trinajstić information content (AvgIpc) is 0.766. The number of carbonyl (C=O) groups excluding carboxylic acids is 2. The minimum atomic E-state index is -2.47. The Labute approximate surface area is 593 Å². The maximum atomic E-state index is 13.5. The molecular weight excluding hydrogens is 1440 g/mol. The van der Waals surface area contributed by atoms with Crippen LogP contribution in [0.3, 0.4) is 0 Å². The third kappa shape index (κ3) is 18.5. The highest BCUT2D eigenvalue weighted by atomic mass is 16.8. The maximum Gasteiger partial charge on any atom is 0.217 e. The van der Waals surface area contributed by atoms with Crippen molar-refractivity contribution in [2.45, 2.75) is 297 Å². The molecule has 0 aliphatic carbocycles. The van der Waals surface area contributed by atoms with Crippen molar-refractivity contribution in [3.8, 4) is 0 Å². The van der Waals surface area contributed by atoms with Crippen molar-refractivity contribution >= 4 is 11.8 Å². The van der Waals surface area contributed by atoms with Gasteiger partial charge in [0.2, 0.25) is 11.8 Å². The summed E-state index contributed by atoms with van der Waals surface area (Å²) >= 11 is 0. The zero-order chi connectivity index (χ0) is 77.2. The molecule has 9 heterocycles. The molecule has 0 bridgehead atoms. The van der Waals surface area contributed by atoms with Gasteiger partial charge in [-0.05, 0) is 6.92 Å². The van der Waals surface area contributed by atoms with Crippen LogP contribution >= 0.6 is 0 Å². The summed E-state index contributed by atoms with van der Waals surface area (Å²) in [6, 6.07) is -3.93. The smallest absolute Gasteiger partial charge is 0.217 e. The lowest BCUT2D eigenvalue weighted by molar-refractivity contribution is -0.398. The van der Waals surface area contributed by atoms with Gasteiger partial charge in [-0.15, -0.1) is 0 Å². The largest absolute Gasteiger partial charge is 0.394 e. The molecule has 1 unspecified atom stereocenters. The summed E-state index contributed by atoms with van der Waals surface area (Å²) < 4.78 is 99.6. The SMILES string of the molecule is CC(=O)N[C@H]1[C@H](OC[C@H]2O[C@@H](O[C@H]3[C@H](O)[C@@H](O)C(O)O[C@@H]3CO)[C@H](O)[C@@H](O[C@@H]3O[C@H](CO)[C@@H](O[C@@H]4O[C@H](CO)[C@H](O)[C@H](O[C@H]5O[C@H](CO)[C@H](O)[C@H](O)[C@H]5O)[C@H]4O)[C@H](O[C@@H]4O[C@@H](C)[C@@H](O)[C@@H](O)[C@@H]4O)[C@H]3NC(C)=O)[C@H]2O)O[C@H](CO)[C@@H](O[C@@H]2O[C@H](CO)[C@H](O)[C@H](O[C@H]3O[C@H](CO)[C@H](O)[C@H](O)[C@H]3O)[C@H]2O)[C@@H]1O. The summed E-state index contributed by atoms with van der Waals surface area (Å²) in [5, 5.41) is 289. The maximum absolute atomic E-state index is 13.5. The summed E-state index contributed by atoms with van der Waals surface area (Å²) in [6.07, 6.45) is -87.9. The number of hydrogen-bond acceptors (Lipinski definition) is 45. The van der Waals surface area contributed by atoms with Crippen molar-refractivity contribution in [3.63, 3.8) is 0 Å². The zero-order valence-corrected chi connectivity index (χ0v) is 56.0. The standard InChI is InChI=1S/C58H98N2O45/c1-12-25(70)32(77)37(82)53(90-12)102-46-24(60-14(3)69)52(97-21(10-67)45(46)101-57-41(86)48(29(74)18(7-64)95-57)105-55-39(84)34(79)27(72)16(5-62)93-55)103-49-30(75)22(98-58(42(49)87)100-44-19(8-65)91-50(88)36(81)35(44)80)11-89-51-23(59-13(2)68)31(76)43(20(9-66)96-51)99-56-40(85)47(28(73)17(6-63)94-56)104-54-38(83)33(78)26(71)15(4-61)92-54/h12,15-58,61-67,70-88H,4-11H2,1-3H3,(H,59,68)(H,60,69)/t12-,15+,16+,17+,18+,19+,20+,21+,22+,23+,24+,25+,26-,27-,28-,29-,30-,31+,32+,33-,34-,35+,36+,37-,38+,39+,40+,41+,42+,43+,44+,45+,46+,47-,48-,49-,50?,51+,52-,53-,54+,55+,56-,57-,58-/m0/s1. The third-order valence-corrected chi connectivity index (χ3v) is 19.5. The van der Waals surface area contributed by atoms with E-state index in [1.807, 2.05) is 0 Å². The Balaban J connectivity index is 1.02. The second kappa shape index (κ2) is 37.2. The minimum absolute atomic E-state index is 0.912. The normalized spacial score (nSPS) is 51.5. The minimum Gasteiger partial charge on any atom is -0.394 e. The van der Waals surface area contributed by atoms with E-state index in [4.69, 9.17) is 80.5 Å². The van der Waals surface area contributed by atoms with E-state index in [9.17, 15) is 142 Å². The van der Waals surface area contributed by atoms with Gasteiger partial charge in [-0.2, -0.15) is 0 Å². The van der Waals surface area contributed by atoms with Crippen LogP contribution in [0.2, 0.25) is 0 Å². The van der Waals surface area contributed by atoms with Gasteiger partial charge in [-0.3, -0.25) is 9.59 Å². The number of ether oxygens (including phenoxy) is 17. The highest BCUT2D eigenvalue weighted by molar-refractivity contribution is 5.73. The summed E-state index contributed by atoms with van der Waals surface area (Å²) in [4.78, 5) is 26.5. The lowest BCUT2D eigenvalue weighted by Crippen LogP contribution is -2.71. The first-order valence-electron chi connectivity index (χ1n) is 33.5. The van der Waals surface area contributed by atoms with Gasteiger partial charge in [-0.25, -0.2) is 0 Å². The molecule has 0 aromatic rings. The van der Waals surface area contributed by atoms with Crippen molar-refractivity contribution in [2.24, 2.45) is 0 Å². The second-order valence-corrected chi connectivity index (χ2v) is 26.7. The van der Waals surface area contributed by atoms with Gasteiger partial charge < -0.3 is 224 Å². The van der Waals surface area contributed by atoms with E-state index >= 15 is 0 Å². The molecule has 9 rings (SSSR count). The number of amides is 2. The Morgan fingerprint density at radius 1 is 0.267 bits per heavy atom. The van der Waals surface area contributed by atoms with Gasteiger partial charge in [-0.1, -0.05) is 0 Å². The van der Waals surface area contributed by atoms with Crippen LogP contribution in [0.1, 0.15) is 20.8 Å². The van der Waals surface area contributed by atoms with E-state index < -0.39 is 341 Å². The van der Waals surface area contributed by atoms with Crippen LogP contribution in [0.5, 0.6) is 0 Å². The molecule has 610 valence electrons. The van der Waals surface area contributed by atoms with E-state index in [0.29, 0.717) is 0 Å². The summed E-state index contributed by atoms with van der Waals surface area (Å²) in [5.41, 5.74) is 0. The molecule has 0 radical (unpaired) electrons. The van der Waals surface area contributed by atoms with Crippen molar-refractivity contribution in [3.05, 3.63) is 0 Å². The molecular formula is C58H98N2O45. The fourth-order valence-electron chi connectivity index (χ4n) is 13.6. The molecule has 0 saturated carbocycles. The number of nitrogens with one attached hydrogen (secondary N) is 2. The molecule has 47 heteroatoms. The number of rotatable bonds is 26. The highest BCUT2D eigenvalue weighted by Crippen LogP contribution is 2.40. The fourth-order valence-corrected chi connectivity index (χ4v) is 13.6. The average molecular weight is 1540 g/mol. The molecule has 47 nitrogen and oxygen atoms in total. The van der Waals surface area contributed by atoms with E-state index in [1.54, 1.807) is 0 Å². The van der Waals surface area contributed by atoms with Crippen LogP contribution in [-0.4, -0.2) is 474 Å². The molecule has 9 aliphatic heterocycles. The van der Waals surface area contributed by atoms with Crippen LogP contribution in [0, 0.1) is 0 Å². The van der Waals surface area contributed by atoms with Gasteiger partial charge in [0, 0.05) is 13.8 Å². The van der Waals surface area contributed by atoms with Crippen LogP contribution in [0.4, 0.5) is 0 Å². The van der Waals surface area contributed by atoms with Crippen LogP contribution in [0.15, 0.2) is 0 Å². The number of aliphatic hydroxyl groups excluding tert-OH is 26. The van der Waals surface area contributed by atoms with Gasteiger partial charge in [0.15, 0.2) is 56.6 Å². The lowest BCUT2D eigenvalue weighted by atomic mass is 9.93. The first-order chi connectivity index (χ1) is 49.7. The monoisotopic (exact) mass is 1540 g/mol. The van der Waals surface area contributed by atoms with E-state index in [-0.39, 0.29) is 0 Å². The molecule has 0 aromatic heterocycles. The molecule has 9 aliphatic rings. The van der Waals surface area contributed by atoms with Crippen LogP contribution in [0.25, 0.3) is 0 Å². The fraction of sp³-hybridized carbons (Fsp3) is 0.966. The molecule has 0 aromatic carbocycles. The van der Waals surface area contributed by atoms with Crippen molar-refractivity contribution in [2.75, 3.05) is 52.9 Å². The quantitative estimate of drug-likeness (QED) is 0.0382. The number of carbonyl (C=O) groups is 2. The predicted molar refractivity (Wildman–Crippen MR) is 319 cm³/mol. The first kappa shape index (κ1) is 86.2. The molecule has 28 N–H and O–H groups in total. The summed E-state index contributed by atoms with van der Waals surface area (Å²) in [7, 11) is 0. The molecule has 9 saturated heterocycles. The lowest BCUT2D eigenvalue weighted by Gasteiger charge is -2.52. The molecule has 2 amide bonds. The van der Waals surface area contributed by atoms with E-state index in [0.717, 1.165) is 13.8 Å². The van der Waals surface area contributed by atoms with Gasteiger partial charge >= 0.3 is 0 Å². The Morgan fingerprint density at radius 3 is 1.01 bits per heavy atom. The highest BCUT2D eigenvalue weighted by Gasteiger charge is 2.61. The van der Waals surface area contributed by atoms with Crippen molar-refractivity contribution in [1.82, 2.24) is 10.6 Å². The Kier molecular flexibility index (Phi) is 30.6. The topological polar surface area (TPSA) is 741 Å². The van der Waals surface area contributed by atoms with Gasteiger partial charge in [0.05, 0.1) is 59.0 Å². The van der Waals surface area contributed by atoms with E-state index in [1.165, 1.54) is 6.92 Å². The summed E-state index contributed by atoms with van der Waals surface area (Å²) in [5.74, 6) is -1.95. The second-order valence-electron chi connectivity index (χ2n) is 26.7. The van der Waals surface area contributed by atoms with Crippen molar-refractivity contribution in [1.29, 1.82) is 0 Å². The van der Waals surface area contributed by atoms with Crippen molar-refractivity contribution < 1.29 is 223 Å². The third-order valence-electron chi connectivity index (χ3n) is 19.5. The molecule has 9 fully saturated rings. The Bertz CT molecular complexity index is 2690. The van der Waals surface area contributed by atoms with Crippen LogP contribution < -0.4 is 10.6 Å². The van der Waals surface area contributed by atoms with Gasteiger partial charge in [0.25, 0.3) is 0 Å². The predicted octanol–water partition coefficient (Wildman–Crippen LogP) is -19.3. The Hall–Kier alpha value is -2.78. The zero-order valence-electron chi connectivity index (χ0n) is 56.0.